The molecule has 2 aliphatic heterocycles. The summed E-state index contributed by atoms with van der Waals surface area (Å²) < 4.78 is 105. The van der Waals surface area contributed by atoms with Gasteiger partial charge in [-0.1, -0.05) is 11.6 Å². The highest BCUT2D eigenvalue weighted by Gasteiger charge is 2.39. The van der Waals surface area contributed by atoms with Crippen molar-refractivity contribution < 1.29 is 64.4 Å². The maximum absolute atomic E-state index is 13.7. The Kier molecular flexibility index (Phi) is 12.2. The Bertz CT molecular complexity index is 1700. The number of carbonyl (C=O) groups is 3. The van der Waals surface area contributed by atoms with Gasteiger partial charge in [0.15, 0.2) is 0 Å². The van der Waals surface area contributed by atoms with Gasteiger partial charge in [0, 0.05) is 35.8 Å². The van der Waals surface area contributed by atoms with Crippen molar-refractivity contribution in [2.45, 2.75) is 37.0 Å². The number of alkyl halides is 6. The van der Waals surface area contributed by atoms with Gasteiger partial charge in [0.2, 0.25) is 0 Å². The molecule has 3 aromatic carbocycles. The fourth-order valence-electron chi connectivity index (χ4n) is 5.39. The lowest BCUT2D eigenvalue weighted by atomic mass is 9.90. The maximum atomic E-state index is 13.7. The topological polar surface area (TPSA) is 135 Å². The summed E-state index contributed by atoms with van der Waals surface area (Å²) in [7, 11) is 2.24. The predicted molar refractivity (Wildman–Crippen MR) is 167 cm³/mol. The van der Waals surface area contributed by atoms with E-state index in [1.807, 2.05) is 0 Å². The average molecular weight is 733 g/mol. The van der Waals surface area contributed by atoms with Crippen LogP contribution in [0.3, 0.4) is 0 Å². The van der Waals surface area contributed by atoms with Crippen molar-refractivity contribution in [3.8, 4) is 5.75 Å². The Hall–Kier alpha value is -4.54. The zero-order valence-electron chi connectivity index (χ0n) is 26.5. The number of hydrogen-bond donors (Lipinski definition) is 2. The molecule has 3 aromatic rings. The van der Waals surface area contributed by atoms with Crippen molar-refractivity contribution >= 4 is 41.0 Å². The molecule has 17 heteroatoms. The second-order valence-corrected chi connectivity index (χ2v) is 11.5. The Labute approximate surface area is 286 Å². The molecule has 50 heavy (non-hydrogen) atoms. The van der Waals surface area contributed by atoms with E-state index in [-0.39, 0.29) is 52.6 Å². The number of anilines is 2. The monoisotopic (exact) mass is 732 g/mol. The van der Waals surface area contributed by atoms with Crippen molar-refractivity contribution in [3.63, 3.8) is 0 Å². The van der Waals surface area contributed by atoms with Crippen LogP contribution in [0.2, 0.25) is 5.02 Å². The van der Waals surface area contributed by atoms with Crippen LogP contribution in [0.25, 0.3) is 0 Å². The van der Waals surface area contributed by atoms with Crippen molar-refractivity contribution in [2.24, 2.45) is 0 Å². The molecule has 3 N–H and O–H groups in total. The minimum Gasteiger partial charge on any atom is -0.465 e. The lowest BCUT2D eigenvalue weighted by Gasteiger charge is -2.20. The highest BCUT2D eigenvalue weighted by Crippen LogP contribution is 2.42. The fraction of sp³-hybridized carbons (Fsp3) is 0.364. The number of halogens is 7. The maximum Gasteiger partial charge on any atom is 0.417 e. The standard InChI is InChI=1S/C20H17ClF3NO5.C13H14F3NO3/c1-28-18(26)15-8-14(11-6-7-29-10-11)16(20(22,23)24)9-17(15)25-19(27)30-13-4-2-12(21)3-5-13;1-19-12(18)9-4-8(7-2-3-20-6-7)10(5-11(9)17)13(14,15)16/h2-5,8-9,11H,6-7,10H2,1H3,(H,25,27);4-5,7H,2-3,6,17H2,1H3. The average Bonchev–Trinajstić information content (AvgIpc) is 3.80. The number of methoxy groups -OCH3 is 2. The van der Waals surface area contributed by atoms with Crippen LogP contribution in [0.15, 0.2) is 48.5 Å². The molecule has 0 radical (unpaired) electrons. The first-order chi connectivity index (χ1) is 23.5. The molecule has 0 bridgehead atoms. The third-order valence-electron chi connectivity index (χ3n) is 7.83. The number of nitrogens with one attached hydrogen (secondary N) is 1. The van der Waals surface area contributed by atoms with E-state index >= 15 is 0 Å². The number of esters is 2. The van der Waals surface area contributed by atoms with Crippen LogP contribution in [0.5, 0.6) is 5.75 Å². The Morgan fingerprint density at radius 3 is 1.72 bits per heavy atom. The van der Waals surface area contributed by atoms with Crippen molar-refractivity contribution in [3.05, 3.63) is 86.9 Å². The predicted octanol–water partition coefficient (Wildman–Crippen LogP) is 7.84. The second kappa shape index (κ2) is 16.0. The van der Waals surface area contributed by atoms with Gasteiger partial charge in [-0.25, -0.2) is 14.4 Å². The summed E-state index contributed by atoms with van der Waals surface area (Å²) in [5, 5.41) is 2.61. The number of hydrogen-bond acceptors (Lipinski definition) is 9. The third kappa shape index (κ3) is 9.37. The summed E-state index contributed by atoms with van der Waals surface area (Å²) in [6.45, 7) is 1.03. The Morgan fingerprint density at radius 2 is 1.26 bits per heavy atom. The van der Waals surface area contributed by atoms with Gasteiger partial charge in [-0.3, -0.25) is 5.32 Å². The SMILES string of the molecule is COC(=O)c1cc(C2CCOC2)c(C(F)(F)F)cc1N.COC(=O)c1cc(C2CCOC2)c(C(F)(F)F)cc1NC(=O)Oc1ccc(Cl)cc1. The van der Waals surface area contributed by atoms with E-state index in [1.165, 1.54) is 30.3 Å². The molecule has 270 valence electrons. The molecule has 2 aliphatic rings. The van der Waals surface area contributed by atoms with E-state index in [0.717, 1.165) is 26.4 Å². The van der Waals surface area contributed by atoms with Gasteiger partial charge in [0.1, 0.15) is 5.75 Å². The van der Waals surface area contributed by atoms with Crippen LogP contribution in [-0.4, -0.2) is 58.7 Å². The summed E-state index contributed by atoms with van der Waals surface area (Å²) in [4.78, 5) is 36.0. The van der Waals surface area contributed by atoms with Gasteiger partial charge in [0.05, 0.1) is 55.4 Å². The number of amides is 1. The Morgan fingerprint density at radius 1 is 0.780 bits per heavy atom. The summed E-state index contributed by atoms with van der Waals surface area (Å²) in [6, 6.07) is 9.54. The van der Waals surface area contributed by atoms with Gasteiger partial charge < -0.3 is 29.4 Å². The molecular formula is C33H31ClF6N2O8. The van der Waals surface area contributed by atoms with Gasteiger partial charge >= 0.3 is 30.4 Å². The quantitative estimate of drug-likeness (QED) is 0.148. The number of rotatable bonds is 6. The molecule has 0 saturated carbocycles. The van der Waals surface area contributed by atoms with Crippen molar-refractivity contribution in [1.82, 2.24) is 0 Å². The zero-order valence-corrected chi connectivity index (χ0v) is 27.3. The van der Waals surface area contributed by atoms with Crippen LogP contribution in [0, 0.1) is 0 Å². The molecule has 2 heterocycles. The lowest BCUT2D eigenvalue weighted by Crippen LogP contribution is -2.21. The van der Waals surface area contributed by atoms with E-state index < -0.39 is 53.3 Å². The minimum atomic E-state index is -4.71. The fourth-order valence-corrected chi connectivity index (χ4v) is 5.52. The smallest absolute Gasteiger partial charge is 0.417 e. The normalized spacial score (nSPS) is 17.4. The van der Waals surface area contributed by atoms with Gasteiger partial charge in [0.25, 0.3) is 0 Å². The van der Waals surface area contributed by atoms with E-state index in [9.17, 15) is 40.7 Å². The number of benzene rings is 3. The number of nitrogens with two attached hydrogens (primary N) is 1. The Balaban J connectivity index is 0.000000244. The highest BCUT2D eigenvalue weighted by atomic mass is 35.5. The van der Waals surface area contributed by atoms with Gasteiger partial charge in [-0.15, -0.1) is 0 Å². The van der Waals surface area contributed by atoms with Crippen LogP contribution >= 0.6 is 11.6 Å². The molecule has 0 spiro atoms. The second-order valence-electron chi connectivity index (χ2n) is 11.1. The number of carbonyl (C=O) groups excluding carboxylic acids is 3. The largest absolute Gasteiger partial charge is 0.465 e. The van der Waals surface area contributed by atoms with E-state index in [2.05, 4.69) is 14.8 Å². The minimum absolute atomic E-state index is 0.0320. The molecule has 2 saturated heterocycles. The van der Waals surface area contributed by atoms with Crippen LogP contribution < -0.4 is 15.8 Å². The first kappa shape index (κ1) is 38.3. The van der Waals surface area contributed by atoms with Gasteiger partial charge in [-0.05, 0) is 72.5 Å². The molecule has 1 amide bonds. The van der Waals surface area contributed by atoms with Crippen LogP contribution in [0.4, 0.5) is 42.5 Å². The van der Waals surface area contributed by atoms with Crippen molar-refractivity contribution in [1.29, 1.82) is 0 Å². The summed E-state index contributed by atoms with van der Waals surface area (Å²) in [5.41, 5.74) is 2.79. The highest BCUT2D eigenvalue weighted by molar-refractivity contribution is 6.30. The summed E-state index contributed by atoms with van der Waals surface area (Å²) in [6.07, 6.45) is -9.44. The van der Waals surface area contributed by atoms with Crippen LogP contribution in [-0.2, 0) is 31.3 Å². The number of ether oxygens (including phenoxy) is 5. The first-order valence-corrected chi connectivity index (χ1v) is 15.2. The van der Waals surface area contributed by atoms with Gasteiger partial charge in [-0.2, -0.15) is 26.3 Å². The first-order valence-electron chi connectivity index (χ1n) is 14.9. The molecule has 5 rings (SSSR count). The molecule has 0 aliphatic carbocycles. The van der Waals surface area contributed by atoms with E-state index in [1.54, 1.807) is 0 Å². The van der Waals surface area contributed by atoms with Crippen LogP contribution in [0.1, 0.15) is 67.6 Å². The summed E-state index contributed by atoms with van der Waals surface area (Å²) >= 11 is 5.76. The molecule has 10 nitrogen and oxygen atoms in total. The molecular weight excluding hydrogens is 702 g/mol. The third-order valence-corrected chi connectivity index (χ3v) is 8.08. The van der Waals surface area contributed by atoms with E-state index in [0.29, 0.717) is 37.1 Å². The molecule has 2 fully saturated rings. The van der Waals surface area contributed by atoms with E-state index in [4.69, 9.17) is 31.5 Å². The van der Waals surface area contributed by atoms with Crippen molar-refractivity contribution in [2.75, 3.05) is 51.7 Å². The summed E-state index contributed by atoms with van der Waals surface area (Å²) in [5.74, 6) is -2.45. The molecule has 2 atom stereocenters. The molecule has 2 unspecified atom stereocenters. The zero-order chi connectivity index (χ0) is 36.8. The number of nitrogen functional groups attached to an aromatic ring is 1. The molecule has 0 aromatic heterocycles. The lowest BCUT2D eigenvalue weighted by molar-refractivity contribution is -0.139.